The van der Waals surface area contributed by atoms with Gasteiger partial charge in [0, 0.05) is 25.0 Å². The predicted octanol–water partition coefficient (Wildman–Crippen LogP) is 5.58. The van der Waals surface area contributed by atoms with Crippen molar-refractivity contribution in [2.45, 2.75) is 38.8 Å². The number of rotatable bonds is 10. The maximum Gasteiger partial charge on any atom is 0.261 e. The summed E-state index contributed by atoms with van der Waals surface area (Å²) in [6.07, 6.45) is 4.16. The highest BCUT2D eigenvalue weighted by molar-refractivity contribution is 5.99. The van der Waals surface area contributed by atoms with Gasteiger partial charge in [-0.25, -0.2) is 9.97 Å². The highest BCUT2D eigenvalue weighted by Crippen LogP contribution is 2.39. The smallest absolute Gasteiger partial charge is 0.261 e. The highest BCUT2D eigenvalue weighted by atomic mass is 16.5. The number of carbonyl (C=O) groups is 1. The number of fused-ring (bicyclic) bond motifs is 1. The molecular weight excluding hydrogens is 544 g/mol. The van der Waals surface area contributed by atoms with Gasteiger partial charge in [-0.15, -0.1) is 0 Å². The molecule has 0 fully saturated rings. The molecule has 0 aliphatic carbocycles. The first kappa shape index (κ1) is 28.0. The zero-order chi connectivity index (χ0) is 30.0. The third kappa shape index (κ3) is 5.42. The second-order valence-electron chi connectivity index (χ2n) is 10.8. The van der Waals surface area contributed by atoms with E-state index < -0.39 is 11.6 Å². The Kier molecular flexibility index (Phi) is 7.56. The molecule has 0 bridgehead atoms. The maximum atomic E-state index is 13.0. The Morgan fingerprint density at radius 1 is 0.977 bits per heavy atom. The molecule has 218 valence electrons. The molecule has 5 aromatic rings. The SMILES string of the molecule is CCCN1C(=O)c2ccc(Nc3cc(N[C@H](CO)c4ccccc4)c(-c4nc(-c5ccccn5)no4)cn3)nc2C1(C)C. The molecule has 1 atom stereocenters. The van der Waals surface area contributed by atoms with Crippen molar-refractivity contribution in [3.8, 4) is 23.0 Å². The Morgan fingerprint density at radius 2 is 1.79 bits per heavy atom. The Labute approximate surface area is 249 Å². The minimum Gasteiger partial charge on any atom is -0.394 e. The lowest BCUT2D eigenvalue weighted by molar-refractivity contribution is 0.0615. The topological polar surface area (TPSA) is 142 Å². The summed E-state index contributed by atoms with van der Waals surface area (Å²) in [6.45, 7) is 6.59. The first-order valence-corrected chi connectivity index (χ1v) is 14.2. The molecule has 3 N–H and O–H groups in total. The number of aliphatic hydroxyl groups excluding tert-OH is 1. The van der Waals surface area contributed by atoms with Crippen molar-refractivity contribution < 1.29 is 14.4 Å². The molecule has 0 saturated heterocycles. The van der Waals surface area contributed by atoms with E-state index in [9.17, 15) is 9.90 Å². The fourth-order valence-electron chi connectivity index (χ4n) is 5.28. The van der Waals surface area contributed by atoms with E-state index in [4.69, 9.17) is 9.51 Å². The van der Waals surface area contributed by atoms with Crippen LogP contribution in [0.15, 0.2) is 83.6 Å². The zero-order valence-electron chi connectivity index (χ0n) is 24.2. The number of nitrogens with one attached hydrogen (secondary N) is 2. The fourth-order valence-corrected chi connectivity index (χ4v) is 5.28. The molecule has 4 aromatic heterocycles. The minimum atomic E-state index is -0.530. The van der Waals surface area contributed by atoms with E-state index >= 15 is 0 Å². The second-order valence-corrected chi connectivity index (χ2v) is 10.8. The molecule has 1 aliphatic rings. The molecule has 5 heterocycles. The minimum absolute atomic E-state index is 0.00421. The van der Waals surface area contributed by atoms with Crippen molar-refractivity contribution in [2.24, 2.45) is 0 Å². The van der Waals surface area contributed by atoms with Crippen LogP contribution in [0.2, 0.25) is 0 Å². The van der Waals surface area contributed by atoms with Gasteiger partial charge in [-0.2, -0.15) is 4.98 Å². The Morgan fingerprint density at radius 3 is 2.53 bits per heavy atom. The number of pyridine rings is 3. The summed E-state index contributed by atoms with van der Waals surface area (Å²) in [7, 11) is 0. The largest absolute Gasteiger partial charge is 0.394 e. The number of hydrogen-bond donors (Lipinski definition) is 3. The van der Waals surface area contributed by atoms with Crippen LogP contribution in [0.25, 0.3) is 23.0 Å². The van der Waals surface area contributed by atoms with Gasteiger partial charge in [0.05, 0.1) is 40.7 Å². The maximum absolute atomic E-state index is 13.0. The van der Waals surface area contributed by atoms with Crippen LogP contribution in [-0.4, -0.2) is 54.2 Å². The van der Waals surface area contributed by atoms with E-state index in [1.807, 2.05) is 67.3 Å². The number of aromatic nitrogens is 5. The molecule has 0 spiro atoms. The van der Waals surface area contributed by atoms with Crippen molar-refractivity contribution in [1.29, 1.82) is 0 Å². The lowest BCUT2D eigenvalue weighted by Gasteiger charge is -2.31. The van der Waals surface area contributed by atoms with Crippen LogP contribution >= 0.6 is 0 Å². The van der Waals surface area contributed by atoms with Gasteiger partial charge in [-0.1, -0.05) is 48.5 Å². The van der Waals surface area contributed by atoms with Crippen LogP contribution in [0.4, 0.5) is 17.3 Å². The van der Waals surface area contributed by atoms with E-state index in [0.29, 0.717) is 46.5 Å². The third-order valence-corrected chi connectivity index (χ3v) is 7.50. The van der Waals surface area contributed by atoms with Crippen LogP contribution in [-0.2, 0) is 5.54 Å². The predicted molar refractivity (Wildman–Crippen MR) is 163 cm³/mol. The van der Waals surface area contributed by atoms with Crippen LogP contribution < -0.4 is 10.6 Å². The number of benzene rings is 1. The lowest BCUT2D eigenvalue weighted by atomic mass is 9.99. The van der Waals surface area contributed by atoms with Gasteiger partial charge in [-0.3, -0.25) is 9.78 Å². The average Bonchev–Trinajstić information content (AvgIpc) is 3.59. The molecule has 1 amide bonds. The Bertz CT molecular complexity index is 1740. The molecule has 0 unspecified atom stereocenters. The van der Waals surface area contributed by atoms with Gasteiger partial charge in [0.1, 0.15) is 17.3 Å². The van der Waals surface area contributed by atoms with Crippen LogP contribution in [0, 0.1) is 0 Å². The van der Waals surface area contributed by atoms with Crippen molar-refractivity contribution in [3.63, 3.8) is 0 Å². The number of nitrogens with zero attached hydrogens (tertiary/aromatic N) is 6. The summed E-state index contributed by atoms with van der Waals surface area (Å²) in [4.78, 5) is 33.2. The van der Waals surface area contributed by atoms with E-state index in [-0.39, 0.29) is 18.4 Å². The van der Waals surface area contributed by atoms with Crippen molar-refractivity contribution >= 4 is 23.2 Å². The van der Waals surface area contributed by atoms with Crippen LogP contribution in [0.5, 0.6) is 0 Å². The lowest BCUT2D eigenvalue weighted by Crippen LogP contribution is -2.39. The summed E-state index contributed by atoms with van der Waals surface area (Å²) < 4.78 is 5.63. The number of hydrogen-bond acceptors (Lipinski definition) is 10. The molecule has 11 nitrogen and oxygen atoms in total. The molecule has 11 heteroatoms. The number of aliphatic hydroxyl groups is 1. The van der Waals surface area contributed by atoms with Crippen molar-refractivity contribution in [1.82, 2.24) is 30.0 Å². The number of anilines is 3. The molecule has 6 rings (SSSR count). The quantitative estimate of drug-likeness (QED) is 0.193. The van der Waals surface area contributed by atoms with Crippen molar-refractivity contribution in [3.05, 3.63) is 95.9 Å². The van der Waals surface area contributed by atoms with Gasteiger partial charge in [0.25, 0.3) is 11.8 Å². The fraction of sp³-hybridized carbons (Fsp3) is 0.250. The number of amides is 1. The molecular formula is C32H32N8O3. The average molecular weight is 577 g/mol. The van der Waals surface area contributed by atoms with Gasteiger partial charge >= 0.3 is 0 Å². The zero-order valence-corrected chi connectivity index (χ0v) is 24.2. The summed E-state index contributed by atoms with van der Waals surface area (Å²) in [5.74, 6) is 1.65. The molecule has 1 aromatic carbocycles. The van der Waals surface area contributed by atoms with Crippen LogP contribution in [0.3, 0.4) is 0 Å². The standard InChI is InChI=1S/C32H32N8O3/c1-4-16-40-31(42)21-13-14-26(37-28(21)32(40,2)3)36-27-17-24(35-25(19-41)20-10-6-5-7-11-20)22(18-34-27)30-38-29(39-43-30)23-12-8-9-15-33-23/h5-15,17-18,25,41H,4,16,19H2,1-3H3,(H2,34,35,36,37)/t25-/m1/s1. The van der Waals surface area contributed by atoms with Crippen molar-refractivity contribution in [2.75, 3.05) is 23.8 Å². The molecule has 43 heavy (non-hydrogen) atoms. The van der Waals surface area contributed by atoms with E-state index in [1.54, 1.807) is 30.6 Å². The van der Waals surface area contributed by atoms with Gasteiger partial charge < -0.3 is 25.2 Å². The molecule has 1 aliphatic heterocycles. The van der Waals surface area contributed by atoms with Gasteiger partial charge in [0.2, 0.25) is 5.82 Å². The van der Waals surface area contributed by atoms with Crippen LogP contribution in [0.1, 0.15) is 54.8 Å². The Balaban J connectivity index is 1.35. The van der Waals surface area contributed by atoms with Gasteiger partial charge in [-0.05, 0) is 50.1 Å². The summed E-state index contributed by atoms with van der Waals surface area (Å²) >= 11 is 0. The highest BCUT2D eigenvalue weighted by Gasteiger charge is 2.43. The summed E-state index contributed by atoms with van der Waals surface area (Å²) in [6, 6.07) is 20.1. The van der Waals surface area contributed by atoms with E-state index in [1.165, 1.54) is 0 Å². The van der Waals surface area contributed by atoms with Gasteiger partial charge in [0.15, 0.2) is 0 Å². The second kappa shape index (κ2) is 11.6. The summed E-state index contributed by atoms with van der Waals surface area (Å²) in [5.41, 5.74) is 3.47. The van der Waals surface area contributed by atoms with E-state index in [2.05, 4.69) is 37.7 Å². The third-order valence-electron chi connectivity index (χ3n) is 7.50. The monoisotopic (exact) mass is 576 g/mol. The molecule has 0 radical (unpaired) electrons. The van der Waals surface area contributed by atoms with E-state index in [0.717, 1.165) is 17.7 Å². The first-order valence-electron chi connectivity index (χ1n) is 14.2. The normalized spacial score (nSPS) is 14.4. The number of carbonyl (C=O) groups excluding carboxylic acids is 1. The first-order chi connectivity index (χ1) is 20.9. The molecule has 0 saturated carbocycles. The Hall–Kier alpha value is -5.16. The summed E-state index contributed by atoms with van der Waals surface area (Å²) in [5, 5.41) is 21.1.